The monoisotopic (exact) mass is 387 g/mol. The molecular weight excluding hydrogens is 362 g/mol. The normalized spacial score (nSPS) is 14.3. The van der Waals surface area contributed by atoms with Crippen LogP contribution in [0.1, 0.15) is 24.7 Å². The van der Waals surface area contributed by atoms with E-state index in [9.17, 15) is 4.79 Å². The Bertz CT molecular complexity index is 790. The summed E-state index contributed by atoms with van der Waals surface area (Å²) in [6.07, 6.45) is 1.23. The summed E-state index contributed by atoms with van der Waals surface area (Å²) < 4.78 is 0. The molecule has 2 heterocycles. The minimum absolute atomic E-state index is 0.196. The van der Waals surface area contributed by atoms with Crippen molar-refractivity contribution in [2.45, 2.75) is 26.7 Å². The van der Waals surface area contributed by atoms with Crippen molar-refractivity contribution in [3.8, 4) is 0 Å². The average Bonchev–Trinajstić information content (AvgIpc) is 2.66. The van der Waals surface area contributed by atoms with E-state index in [1.54, 1.807) is 0 Å². The third kappa shape index (κ3) is 5.32. The van der Waals surface area contributed by atoms with Crippen LogP contribution in [0.2, 0.25) is 5.02 Å². The van der Waals surface area contributed by atoms with E-state index in [-0.39, 0.29) is 5.91 Å². The standard InChI is InChI=1S/C20H26ClN5O/c1-3-22-18-14-19(24-15(2)23-18)25-9-11-26(12-10-25)20(27)8-7-16-5-4-6-17(21)13-16/h4-6,13-14H,3,7-12H2,1-2H3,(H,22,23,24). The molecule has 6 nitrogen and oxygen atoms in total. The van der Waals surface area contributed by atoms with Gasteiger partial charge in [0.15, 0.2) is 0 Å². The molecule has 144 valence electrons. The summed E-state index contributed by atoms with van der Waals surface area (Å²) in [5.41, 5.74) is 1.10. The van der Waals surface area contributed by atoms with Crippen LogP contribution in [-0.2, 0) is 11.2 Å². The lowest BCUT2D eigenvalue weighted by Crippen LogP contribution is -2.49. The van der Waals surface area contributed by atoms with Crippen molar-refractivity contribution < 1.29 is 4.79 Å². The Morgan fingerprint density at radius 3 is 2.67 bits per heavy atom. The van der Waals surface area contributed by atoms with E-state index in [1.165, 1.54) is 0 Å². The molecule has 1 aromatic carbocycles. The number of piperazine rings is 1. The number of nitrogens with one attached hydrogen (secondary N) is 1. The van der Waals surface area contributed by atoms with E-state index < -0.39 is 0 Å². The number of rotatable bonds is 6. The molecule has 1 aromatic heterocycles. The van der Waals surface area contributed by atoms with Crippen LogP contribution in [0.15, 0.2) is 30.3 Å². The van der Waals surface area contributed by atoms with Crippen LogP contribution >= 0.6 is 11.6 Å². The molecule has 0 radical (unpaired) electrons. The van der Waals surface area contributed by atoms with Gasteiger partial charge >= 0.3 is 0 Å². The lowest BCUT2D eigenvalue weighted by molar-refractivity contribution is -0.131. The fraction of sp³-hybridized carbons (Fsp3) is 0.450. The maximum atomic E-state index is 12.5. The highest BCUT2D eigenvalue weighted by Gasteiger charge is 2.22. The number of aromatic nitrogens is 2. The second-order valence-electron chi connectivity index (χ2n) is 6.69. The molecule has 1 N–H and O–H groups in total. The Kier molecular flexibility index (Phi) is 6.50. The summed E-state index contributed by atoms with van der Waals surface area (Å²) in [6, 6.07) is 9.68. The van der Waals surface area contributed by atoms with Gasteiger partial charge in [-0.1, -0.05) is 23.7 Å². The lowest BCUT2D eigenvalue weighted by atomic mass is 10.1. The molecule has 1 fully saturated rings. The second kappa shape index (κ2) is 9.04. The first-order valence-corrected chi connectivity index (χ1v) is 9.79. The number of hydrogen-bond donors (Lipinski definition) is 1. The van der Waals surface area contributed by atoms with Gasteiger partial charge in [-0.3, -0.25) is 4.79 Å². The highest BCUT2D eigenvalue weighted by molar-refractivity contribution is 6.30. The Balaban J connectivity index is 1.53. The average molecular weight is 388 g/mol. The van der Waals surface area contributed by atoms with Crippen LogP contribution in [0.5, 0.6) is 0 Å². The number of anilines is 2. The van der Waals surface area contributed by atoms with Crippen LogP contribution in [0.3, 0.4) is 0 Å². The van der Waals surface area contributed by atoms with Crippen LogP contribution in [0.4, 0.5) is 11.6 Å². The third-order valence-electron chi connectivity index (χ3n) is 4.66. The first-order valence-electron chi connectivity index (χ1n) is 9.42. The highest BCUT2D eigenvalue weighted by atomic mass is 35.5. The molecule has 0 unspecified atom stereocenters. The number of nitrogens with zero attached hydrogens (tertiary/aromatic N) is 4. The fourth-order valence-electron chi connectivity index (χ4n) is 3.27. The van der Waals surface area contributed by atoms with Gasteiger partial charge in [0.2, 0.25) is 5.91 Å². The zero-order valence-electron chi connectivity index (χ0n) is 15.9. The number of halogens is 1. The number of amides is 1. The molecular formula is C20H26ClN5O. The molecule has 0 bridgehead atoms. The van der Waals surface area contributed by atoms with Gasteiger partial charge in [-0.15, -0.1) is 0 Å². The molecule has 0 saturated carbocycles. The maximum Gasteiger partial charge on any atom is 0.223 e. The first kappa shape index (κ1) is 19.4. The summed E-state index contributed by atoms with van der Waals surface area (Å²) in [4.78, 5) is 25.6. The minimum atomic E-state index is 0.196. The van der Waals surface area contributed by atoms with E-state index in [0.29, 0.717) is 24.5 Å². The van der Waals surface area contributed by atoms with Gasteiger partial charge < -0.3 is 15.1 Å². The zero-order valence-corrected chi connectivity index (χ0v) is 16.7. The summed E-state index contributed by atoms with van der Waals surface area (Å²) in [5, 5.41) is 3.95. The van der Waals surface area contributed by atoms with Crippen molar-refractivity contribution in [1.29, 1.82) is 0 Å². The van der Waals surface area contributed by atoms with Crippen molar-refractivity contribution >= 4 is 29.1 Å². The van der Waals surface area contributed by atoms with Crippen molar-refractivity contribution in [1.82, 2.24) is 14.9 Å². The minimum Gasteiger partial charge on any atom is -0.370 e. The molecule has 0 aliphatic carbocycles. The number of carbonyl (C=O) groups excluding carboxylic acids is 1. The molecule has 1 amide bonds. The van der Waals surface area contributed by atoms with E-state index in [1.807, 2.05) is 49.1 Å². The smallest absolute Gasteiger partial charge is 0.223 e. The topological polar surface area (TPSA) is 61.4 Å². The van der Waals surface area contributed by atoms with Crippen LogP contribution < -0.4 is 10.2 Å². The Hall–Kier alpha value is -2.34. The van der Waals surface area contributed by atoms with Crippen molar-refractivity contribution in [2.24, 2.45) is 0 Å². The number of carbonyl (C=O) groups is 1. The molecule has 27 heavy (non-hydrogen) atoms. The molecule has 1 aliphatic rings. The molecule has 1 aliphatic heterocycles. The van der Waals surface area contributed by atoms with E-state index in [4.69, 9.17) is 11.6 Å². The van der Waals surface area contributed by atoms with Crippen LogP contribution in [0, 0.1) is 6.92 Å². The summed E-state index contributed by atoms with van der Waals surface area (Å²) in [6.45, 7) is 7.77. The summed E-state index contributed by atoms with van der Waals surface area (Å²) in [5.74, 6) is 2.72. The molecule has 0 spiro atoms. The van der Waals surface area contributed by atoms with Gasteiger partial charge in [-0.25, -0.2) is 9.97 Å². The van der Waals surface area contributed by atoms with Crippen molar-refractivity contribution in [3.05, 3.63) is 46.7 Å². The third-order valence-corrected chi connectivity index (χ3v) is 4.89. The van der Waals surface area contributed by atoms with Gasteiger partial charge in [0.05, 0.1) is 0 Å². The van der Waals surface area contributed by atoms with Crippen molar-refractivity contribution in [2.75, 3.05) is 42.9 Å². The fourth-order valence-corrected chi connectivity index (χ4v) is 3.49. The Labute approximate surface area is 165 Å². The predicted molar refractivity (Wildman–Crippen MR) is 109 cm³/mol. The number of hydrogen-bond acceptors (Lipinski definition) is 5. The van der Waals surface area contributed by atoms with E-state index >= 15 is 0 Å². The van der Waals surface area contributed by atoms with E-state index in [2.05, 4.69) is 20.2 Å². The predicted octanol–water partition coefficient (Wildman–Crippen LogP) is 3.15. The lowest BCUT2D eigenvalue weighted by Gasteiger charge is -2.35. The van der Waals surface area contributed by atoms with Crippen LogP contribution in [-0.4, -0.2) is 53.5 Å². The molecule has 2 aromatic rings. The molecule has 7 heteroatoms. The maximum absolute atomic E-state index is 12.5. The van der Waals surface area contributed by atoms with Crippen molar-refractivity contribution in [3.63, 3.8) is 0 Å². The van der Waals surface area contributed by atoms with Gasteiger partial charge in [-0.05, 0) is 38.0 Å². The van der Waals surface area contributed by atoms with Crippen LogP contribution in [0.25, 0.3) is 0 Å². The van der Waals surface area contributed by atoms with Gasteiger partial charge in [0, 0.05) is 50.2 Å². The Morgan fingerprint density at radius 2 is 1.96 bits per heavy atom. The van der Waals surface area contributed by atoms with Gasteiger partial charge in [-0.2, -0.15) is 0 Å². The summed E-state index contributed by atoms with van der Waals surface area (Å²) in [7, 11) is 0. The highest BCUT2D eigenvalue weighted by Crippen LogP contribution is 2.18. The van der Waals surface area contributed by atoms with E-state index in [0.717, 1.165) is 49.1 Å². The Morgan fingerprint density at radius 1 is 1.19 bits per heavy atom. The molecule has 0 atom stereocenters. The quantitative estimate of drug-likeness (QED) is 0.825. The molecule has 3 rings (SSSR count). The largest absolute Gasteiger partial charge is 0.370 e. The first-order chi connectivity index (χ1) is 13.0. The number of aryl methyl sites for hydroxylation is 2. The number of benzene rings is 1. The second-order valence-corrected chi connectivity index (χ2v) is 7.12. The van der Waals surface area contributed by atoms with Gasteiger partial charge in [0.25, 0.3) is 0 Å². The zero-order chi connectivity index (χ0) is 19.2. The SMILES string of the molecule is CCNc1cc(N2CCN(C(=O)CCc3cccc(Cl)c3)CC2)nc(C)n1. The van der Waals surface area contributed by atoms with Gasteiger partial charge in [0.1, 0.15) is 17.5 Å². The molecule has 1 saturated heterocycles. The summed E-state index contributed by atoms with van der Waals surface area (Å²) >= 11 is 6.01.